The first kappa shape index (κ1) is 31.3. The summed E-state index contributed by atoms with van der Waals surface area (Å²) in [5.41, 5.74) is 4.47. The first-order valence-corrected chi connectivity index (χ1v) is 15.3. The Balaban J connectivity index is 1.10. The number of hydrogen-bond donors (Lipinski definition) is 1. The first-order valence-electron chi connectivity index (χ1n) is 15.3. The van der Waals surface area contributed by atoms with Gasteiger partial charge >= 0.3 is 0 Å². The van der Waals surface area contributed by atoms with Crippen LogP contribution in [-0.2, 0) is 13.1 Å². The van der Waals surface area contributed by atoms with Gasteiger partial charge in [0.25, 0.3) is 5.91 Å². The van der Waals surface area contributed by atoms with Crippen LogP contribution < -0.4 is 47.9 Å². The number of unbranched alkanes of at least 4 members (excludes halogenated alkanes) is 3. The van der Waals surface area contributed by atoms with Crippen molar-refractivity contribution in [3.63, 3.8) is 0 Å². The number of methoxy groups -OCH3 is 5. The van der Waals surface area contributed by atoms with Crippen LogP contribution in [0.2, 0.25) is 0 Å². The van der Waals surface area contributed by atoms with Crippen molar-refractivity contribution in [1.82, 2.24) is 10.2 Å². The number of amides is 1. The van der Waals surface area contributed by atoms with Gasteiger partial charge in [0.2, 0.25) is 30.8 Å². The lowest BCUT2D eigenvalue weighted by atomic mass is 9.93. The minimum Gasteiger partial charge on any atom is -0.493 e. The summed E-state index contributed by atoms with van der Waals surface area (Å²) in [5.74, 6) is 4.96. The van der Waals surface area contributed by atoms with Crippen LogP contribution in [0, 0.1) is 0 Å². The fourth-order valence-electron chi connectivity index (χ4n) is 6.30. The second-order valence-electron chi connectivity index (χ2n) is 11.2. The molecule has 0 aliphatic carbocycles. The molecule has 1 amide bonds. The molecule has 12 heteroatoms. The molecule has 0 radical (unpaired) electrons. The third-order valence-corrected chi connectivity index (χ3v) is 8.47. The lowest BCUT2D eigenvalue weighted by molar-refractivity contribution is 0.0952. The van der Waals surface area contributed by atoms with Crippen molar-refractivity contribution in [2.75, 3.05) is 62.2 Å². The van der Waals surface area contributed by atoms with Crippen LogP contribution in [-0.4, -0.2) is 73.0 Å². The summed E-state index contributed by atoms with van der Waals surface area (Å²) in [6, 6.07) is 7.38. The maximum absolute atomic E-state index is 12.8. The molecule has 0 unspecified atom stereocenters. The number of rotatable bonds is 13. The number of nitrogens with zero attached hydrogens (tertiary/aromatic N) is 1. The van der Waals surface area contributed by atoms with Crippen molar-refractivity contribution in [2.45, 2.75) is 38.8 Å². The van der Waals surface area contributed by atoms with Crippen LogP contribution in [0.5, 0.6) is 51.7 Å². The fourth-order valence-corrected chi connectivity index (χ4v) is 6.30. The second-order valence-corrected chi connectivity index (χ2v) is 11.2. The molecule has 0 saturated heterocycles. The van der Waals surface area contributed by atoms with E-state index < -0.39 is 0 Å². The summed E-state index contributed by atoms with van der Waals surface area (Å²) in [7, 11) is 7.86. The number of benzene rings is 3. The third-order valence-electron chi connectivity index (χ3n) is 8.47. The van der Waals surface area contributed by atoms with E-state index in [-0.39, 0.29) is 19.5 Å². The summed E-state index contributed by atoms with van der Waals surface area (Å²) in [6.07, 6.45) is 3.86. The molecule has 0 bridgehead atoms. The van der Waals surface area contributed by atoms with Gasteiger partial charge < -0.3 is 47.9 Å². The highest BCUT2D eigenvalue weighted by Crippen LogP contribution is 2.57. The van der Waals surface area contributed by atoms with Crippen molar-refractivity contribution in [3.8, 4) is 62.9 Å². The van der Waals surface area contributed by atoms with Crippen LogP contribution in [0.25, 0.3) is 11.1 Å². The van der Waals surface area contributed by atoms with E-state index in [1.54, 1.807) is 26.4 Å². The Labute approximate surface area is 268 Å². The molecule has 3 aliphatic heterocycles. The Bertz CT molecular complexity index is 1510. The molecular formula is C34H40N2O10. The molecule has 12 nitrogen and oxygen atoms in total. The smallest absolute Gasteiger partial charge is 0.251 e. The van der Waals surface area contributed by atoms with Gasteiger partial charge in [-0.1, -0.05) is 12.8 Å². The van der Waals surface area contributed by atoms with Crippen molar-refractivity contribution < 1.29 is 47.4 Å². The zero-order valence-electron chi connectivity index (χ0n) is 26.9. The van der Waals surface area contributed by atoms with Gasteiger partial charge in [0, 0.05) is 36.3 Å². The summed E-state index contributed by atoms with van der Waals surface area (Å²) < 4.78 is 51.1. The van der Waals surface area contributed by atoms with E-state index in [9.17, 15) is 4.79 Å². The van der Waals surface area contributed by atoms with Crippen molar-refractivity contribution >= 4 is 5.91 Å². The van der Waals surface area contributed by atoms with Gasteiger partial charge in [-0.05, 0) is 54.8 Å². The van der Waals surface area contributed by atoms with E-state index in [4.69, 9.17) is 42.6 Å². The molecule has 0 fully saturated rings. The maximum Gasteiger partial charge on any atom is 0.251 e. The van der Waals surface area contributed by atoms with Crippen molar-refractivity contribution in [2.24, 2.45) is 0 Å². The Kier molecular flexibility index (Phi) is 9.34. The van der Waals surface area contributed by atoms with E-state index in [0.29, 0.717) is 76.9 Å². The highest BCUT2D eigenvalue weighted by molar-refractivity contribution is 5.95. The number of carbonyl (C=O) groups is 1. The third kappa shape index (κ3) is 5.84. The Hall–Kier alpha value is -4.71. The average Bonchev–Trinajstić information content (AvgIpc) is 3.74. The van der Waals surface area contributed by atoms with Gasteiger partial charge in [-0.15, -0.1) is 0 Å². The molecule has 0 spiro atoms. The highest BCUT2D eigenvalue weighted by atomic mass is 16.7. The van der Waals surface area contributed by atoms with Gasteiger partial charge in [-0.3, -0.25) is 9.69 Å². The lowest BCUT2D eigenvalue weighted by Gasteiger charge is -2.21. The van der Waals surface area contributed by atoms with Crippen molar-refractivity contribution in [3.05, 3.63) is 41.0 Å². The maximum atomic E-state index is 12.8. The van der Waals surface area contributed by atoms with Crippen molar-refractivity contribution in [1.29, 1.82) is 0 Å². The van der Waals surface area contributed by atoms with E-state index in [1.807, 2.05) is 12.1 Å². The Morgan fingerprint density at radius 2 is 1.15 bits per heavy atom. The summed E-state index contributed by atoms with van der Waals surface area (Å²) >= 11 is 0. The average molecular weight is 637 g/mol. The van der Waals surface area contributed by atoms with Gasteiger partial charge in [-0.2, -0.15) is 0 Å². The number of ether oxygens (including phenoxy) is 9. The predicted molar refractivity (Wildman–Crippen MR) is 168 cm³/mol. The summed E-state index contributed by atoms with van der Waals surface area (Å²) in [4.78, 5) is 15.2. The summed E-state index contributed by atoms with van der Waals surface area (Å²) in [5, 5.41) is 3.00. The molecule has 46 heavy (non-hydrogen) atoms. The Morgan fingerprint density at radius 3 is 1.65 bits per heavy atom. The fraction of sp³-hybridized carbons (Fsp3) is 0.441. The molecule has 3 aliphatic rings. The van der Waals surface area contributed by atoms with Crippen LogP contribution in [0.4, 0.5) is 0 Å². The topological polar surface area (TPSA) is 115 Å². The van der Waals surface area contributed by atoms with Crippen LogP contribution in [0.15, 0.2) is 24.3 Å². The molecule has 1 N–H and O–H groups in total. The monoisotopic (exact) mass is 636 g/mol. The zero-order chi connectivity index (χ0) is 32.2. The molecule has 0 saturated carbocycles. The highest BCUT2D eigenvalue weighted by Gasteiger charge is 2.36. The first-order chi connectivity index (χ1) is 22.5. The van der Waals surface area contributed by atoms with Crippen LogP contribution >= 0.6 is 0 Å². The molecule has 246 valence electrons. The molecule has 0 atom stereocenters. The van der Waals surface area contributed by atoms with Gasteiger partial charge in [-0.25, -0.2) is 0 Å². The van der Waals surface area contributed by atoms with E-state index in [0.717, 1.165) is 54.5 Å². The SMILES string of the molecule is COc1cc(C(=O)NCCCCCCN2Cc3cc(OC)c4c(c3-c3c(cc(OC)c5c3OCO5)C2)OCO4)cc(OC)c1OC. The zero-order valence-corrected chi connectivity index (χ0v) is 26.9. The van der Waals surface area contributed by atoms with Gasteiger partial charge in [0.15, 0.2) is 34.5 Å². The molecule has 6 rings (SSSR count). The quantitative estimate of drug-likeness (QED) is 0.251. The van der Waals surface area contributed by atoms with E-state index >= 15 is 0 Å². The largest absolute Gasteiger partial charge is 0.493 e. The minimum atomic E-state index is -0.186. The number of carbonyl (C=O) groups excluding carboxylic acids is 1. The number of hydrogen-bond acceptors (Lipinski definition) is 11. The van der Waals surface area contributed by atoms with E-state index in [1.165, 1.54) is 21.3 Å². The van der Waals surface area contributed by atoms with Gasteiger partial charge in [0.1, 0.15) is 0 Å². The number of nitrogens with one attached hydrogen (secondary N) is 1. The van der Waals surface area contributed by atoms with Gasteiger partial charge in [0.05, 0.1) is 35.5 Å². The molecule has 3 aromatic rings. The van der Waals surface area contributed by atoms with Crippen LogP contribution in [0.3, 0.4) is 0 Å². The summed E-state index contributed by atoms with van der Waals surface area (Å²) in [6.45, 7) is 3.09. The lowest BCUT2D eigenvalue weighted by Crippen LogP contribution is -2.25. The standard InChI is InChI=1S/C34H40N2O10/c1-38-23-12-20(13-24(39-2)29(23)42-5)34(37)35-10-8-6-7-9-11-36-16-21-14-25(40-3)30-32(45-18-43-30)27(21)28-22(17-36)15-26(41-4)31-33(28)46-19-44-31/h12-15H,6-11,16-19H2,1-5H3,(H,35,37). The second kappa shape index (κ2) is 13.7. The van der Waals surface area contributed by atoms with Crippen LogP contribution in [0.1, 0.15) is 47.2 Å². The molecule has 3 aromatic carbocycles. The number of fused-ring (bicyclic) bond motifs is 7. The molecular weight excluding hydrogens is 596 g/mol. The van der Waals surface area contributed by atoms with E-state index in [2.05, 4.69) is 10.2 Å². The molecule has 3 heterocycles. The normalized spacial score (nSPS) is 14.2. The molecule has 0 aromatic heterocycles. The Morgan fingerprint density at radius 1 is 0.652 bits per heavy atom. The predicted octanol–water partition coefficient (Wildman–Crippen LogP) is 5.16. The minimum absolute atomic E-state index is 0.125.